The summed E-state index contributed by atoms with van der Waals surface area (Å²) in [6.45, 7) is -0.363. The lowest BCUT2D eigenvalue weighted by Gasteiger charge is -2.24. The van der Waals surface area contributed by atoms with Crippen LogP contribution in [0.3, 0.4) is 0 Å². The van der Waals surface area contributed by atoms with E-state index >= 15 is 0 Å². The first-order valence-corrected chi connectivity index (χ1v) is 11.7. The highest BCUT2D eigenvalue weighted by Crippen LogP contribution is 2.25. The Labute approximate surface area is 179 Å². The molecule has 1 amide bonds. The Morgan fingerprint density at radius 2 is 1.69 bits per heavy atom. The third kappa shape index (κ3) is 5.32. The fourth-order valence-electron chi connectivity index (χ4n) is 2.67. The van der Waals surface area contributed by atoms with Gasteiger partial charge in [-0.05, 0) is 60.9 Å². The summed E-state index contributed by atoms with van der Waals surface area (Å²) in [6, 6.07) is 21.7. The van der Waals surface area contributed by atoms with Crippen molar-refractivity contribution in [1.29, 1.82) is 0 Å². The number of thioether (sulfide) groups is 1. The van der Waals surface area contributed by atoms with Gasteiger partial charge in [0.15, 0.2) is 0 Å². The number of hydrogen-bond acceptors (Lipinski definition) is 4. The molecule has 0 saturated carbocycles. The van der Waals surface area contributed by atoms with Gasteiger partial charge in [0.1, 0.15) is 6.54 Å². The molecule has 3 rings (SSSR count). The van der Waals surface area contributed by atoms with Gasteiger partial charge >= 0.3 is 0 Å². The van der Waals surface area contributed by atoms with E-state index in [-0.39, 0.29) is 11.4 Å². The zero-order chi connectivity index (χ0) is 20.9. The number of carbonyl (C=O) groups is 1. The molecule has 0 aliphatic rings. The van der Waals surface area contributed by atoms with Crippen molar-refractivity contribution in [3.8, 4) is 0 Å². The highest BCUT2D eigenvalue weighted by atomic mass is 35.5. The first-order valence-electron chi connectivity index (χ1n) is 8.67. The lowest BCUT2D eigenvalue weighted by atomic mass is 10.3. The molecule has 0 heterocycles. The van der Waals surface area contributed by atoms with Gasteiger partial charge in [0.05, 0.1) is 10.6 Å². The van der Waals surface area contributed by atoms with Crippen molar-refractivity contribution < 1.29 is 13.2 Å². The van der Waals surface area contributed by atoms with E-state index in [1.165, 1.54) is 24.3 Å². The predicted molar refractivity (Wildman–Crippen MR) is 119 cm³/mol. The Morgan fingerprint density at radius 1 is 1.00 bits per heavy atom. The number of benzene rings is 3. The maximum atomic E-state index is 13.2. The van der Waals surface area contributed by atoms with Gasteiger partial charge in [-0.2, -0.15) is 0 Å². The van der Waals surface area contributed by atoms with E-state index in [4.69, 9.17) is 11.6 Å². The molecule has 3 aromatic carbocycles. The first-order chi connectivity index (χ1) is 13.9. The van der Waals surface area contributed by atoms with Gasteiger partial charge in [-0.3, -0.25) is 9.10 Å². The van der Waals surface area contributed by atoms with Crippen LogP contribution in [0.1, 0.15) is 0 Å². The molecule has 0 radical (unpaired) electrons. The van der Waals surface area contributed by atoms with Crippen LogP contribution in [0.25, 0.3) is 0 Å². The minimum absolute atomic E-state index is 0.0583. The summed E-state index contributed by atoms with van der Waals surface area (Å²) in [7, 11) is -3.96. The van der Waals surface area contributed by atoms with Gasteiger partial charge in [0, 0.05) is 15.6 Å². The molecule has 150 valence electrons. The molecule has 3 aromatic rings. The van der Waals surface area contributed by atoms with E-state index in [1.54, 1.807) is 48.2 Å². The molecule has 0 atom stereocenters. The van der Waals surface area contributed by atoms with Crippen molar-refractivity contribution >= 4 is 50.7 Å². The fraction of sp³-hybridized carbons (Fsp3) is 0.0952. The molecular weight excluding hydrogens is 428 g/mol. The van der Waals surface area contributed by atoms with Gasteiger partial charge in [-0.25, -0.2) is 8.42 Å². The van der Waals surface area contributed by atoms with Crippen molar-refractivity contribution in [2.24, 2.45) is 0 Å². The minimum atomic E-state index is -3.96. The number of rotatable bonds is 7. The highest BCUT2D eigenvalue weighted by molar-refractivity contribution is 7.98. The summed E-state index contributed by atoms with van der Waals surface area (Å²) in [4.78, 5) is 13.7. The van der Waals surface area contributed by atoms with Crippen LogP contribution in [0.5, 0.6) is 0 Å². The Morgan fingerprint density at radius 3 is 2.34 bits per heavy atom. The first kappa shape index (κ1) is 21.2. The maximum absolute atomic E-state index is 13.2. The topological polar surface area (TPSA) is 66.5 Å². The SMILES string of the molecule is CSc1cccc(NC(=O)CN(c2ccccc2)S(=O)(=O)c2ccc(Cl)cc2)c1. The number of halogens is 1. The molecule has 0 aliphatic heterocycles. The quantitative estimate of drug-likeness (QED) is 0.524. The number of sulfonamides is 1. The summed E-state index contributed by atoms with van der Waals surface area (Å²) >= 11 is 7.44. The monoisotopic (exact) mass is 446 g/mol. The van der Waals surface area contributed by atoms with Crippen molar-refractivity contribution in [3.63, 3.8) is 0 Å². The lowest BCUT2D eigenvalue weighted by Crippen LogP contribution is -2.38. The highest BCUT2D eigenvalue weighted by Gasteiger charge is 2.27. The van der Waals surface area contributed by atoms with Crippen LogP contribution < -0.4 is 9.62 Å². The van der Waals surface area contributed by atoms with Gasteiger partial charge in [-0.1, -0.05) is 35.9 Å². The molecule has 1 N–H and O–H groups in total. The summed E-state index contributed by atoms with van der Waals surface area (Å²) in [5.74, 6) is -0.440. The summed E-state index contributed by atoms with van der Waals surface area (Å²) in [6.07, 6.45) is 1.94. The molecular formula is C21H19ClN2O3S2. The van der Waals surface area contributed by atoms with Crippen LogP contribution >= 0.6 is 23.4 Å². The van der Waals surface area contributed by atoms with Gasteiger partial charge in [0.2, 0.25) is 5.91 Å². The van der Waals surface area contributed by atoms with Crippen molar-refractivity contribution in [2.45, 2.75) is 9.79 Å². The van der Waals surface area contributed by atoms with Gasteiger partial charge < -0.3 is 5.32 Å². The molecule has 5 nitrogen and oxygen atoms in total. The van der Waals surface area contributed by atoms with Crippen LogP contribution in [-0.4, -0.2) is 27.1 Å². The lowest BCUT2D eigenvalue weighted by molar-refractivity contribution is -0.114. The van der Waals surface area contributed by atoms with E-state index in [0.29, 0.717) is 16.4 Å². The molecule has 0 aliphatic carbocycles. The van der Waals surface area contributed by atoms with Gasteiger partial charge in [0.25, 0.3) is 10.0 Å². The van der Waals surface area contributed by atoms with E-state index in [9.17, 15) is 13.2 Å². The summed E-state index contributed by atoms with van der Waals surface area (Å²) < 4.78 is 27.6. The molecule has 8 heteroatoms. The number of nitrogens with one attached hydrogen (secondary N) is 1. The third-order valence-electron chi connectivity index (χ3n) is 4.09. The Kier molecular flexibility index (Phi) is 6.84. The molecule has 29 heavy (non-hydrogen) atoms. The Bertz CT molecular complexity index is 1090. The largest absolute Gasteiger partial charge is 0.324 e. The number of para-hydroxylation sites is 1. The fourth-order valence-corrected chi connectivity index (χ4v) is 4.68. The average Bonchev–Trinajstić information content (AvgIpc) is 2.73. The van der Waals surface area contributed by atoms with E-state index < -0.39 is 15.9 Å². The van der Waals surface area contributed by atoms with Crippen LogP contribution in [0.4, 0.5) is 11.4 Å². The number of carbonyl (C=O) groups excluding carboxylic acids is 1. The molecule has 0 unspecified atom stereocenters. The van der Waals surface area contributed by atoms with Crippen LogP contribution in [-0.2, 0) is 14.8 Å². The second kappa shape index (κ2) is 9.35. The average molecular weight is 447 g/mol. The van der Waals surface area contributed by atoms with Crippen molar-refractivity contribution in [1.82, 2.24) is 0 Å². The third-order valence-corrected chi connectivity index (χ3v) is 6.85. The Hall–Kier alpha value is -2.48. The number of anilines is 2. The maximum Gasteiger partial charge on any atom is 0.264 e. The van der Waals surface area contributed by atoms with Crippen LogP contribution in [0.15, 0.2) is 88.7 Å². The van der Waals surface area contributed by atoms with Crippen molar-refractivity contribution in [3.05, 3.63) is 83.9 Å². The van der Waals surface area contributed by atoms with E-state index in [1.807, 2.05) is 24.5 Å². The predicted octanol–water partition coefficient (Wildman–Crippen LogP) is 4.90. The summed E-state index contributed by atoms with van der Waals surface area (Å²) in [5, 5.41) is 3.20. The standard InChI is InChI=1S/C21H19ClN2O3S2/c1-28-19-9-5-6-17(14-19)23-21(25)15-24(18-7-3-2-4-8-18)29(26,27)20-12-10-16(22)11-13-20/h2-14H,15H2,1H3,(H,23,25). The number of hydrogen-bond donors (Lipinski definition) is 1. The zero-order valence-electron chi connectivity index (χ0n) is 15.6. The molecule has 0 saturated heterocycles. The smallest absolute Gasteiger partial charge is 0.264 e. The minimum Gasteiger partial charge on any atom is -0.324 e. The molecule has 0 bridgehead atoms. The second-order valence-electron chi connectivity index (χ2n) is 6.08. The number of nitrogens with zero attached hydrogens (tertiary/aromatic N) is 1. The van der Waals surface area contributed by atoms with E-state index in [0.717, 1.165) is 9.20 Å². The zero-order valence-corrected chi connectivity index (χ0v) is 18.0. The number of amides is 1. The van der Waals surface area contributed by atoms with Crippen molar-refractivity contribution in [2.75, 3.05) is 22.4 Å². The van der Waals surface area contributed by atoms with Gasteiger partial charge in [-0.15, -0.1) is 11.8 Å². The van der Waals surface area contributed by atoms with E-state index in [2.05, 4.69) is 5.32 Å². The summed E-state index contributed by atoms with van der Waals surface area (Å²) in [5.41, 5.74) is 1.01. The molecule has 0 spiro atoms. The Balaban J connectivity index is 1.90. The normalized spacial score (nSPS) is 11.1. The second-order valence-corrected chi connectivity index (χ2v) is 9.26. The van der Waals surface area contributed by atoms with Crippen LogP contribution in [0, 0.1) is 0 Å². The molecule has 0 fully saturated rings. The molecule has 0 aromatic heterocycles. The van der Waals surface area contributed by atoms with Crippen LogP contribution in [0.2, 0.25) is 5.02 Å².